The van der Waals surface area contributed by atoms with Gasteiger partial charge in [-0.1, -0.05) is 49.4 Å². The van der Waals surface area contributed by atoms with Crippen LogP contribution in [0.3, 0.4) is 0 Å². The van der Waals surface area contributed by atoms with Crippen molar-refractivity contribution in [3.8, 4) is 5.75 Å². The van der Waals surface area contributed by atoms with E-state index in [2.05, 4.69) is 5.32 Å². The zero-order valence-electron chi connectivity index (χ0n) is 16.9. The van der Waals surface area contributed by atoms with Gasteiger partial charge in [0.15, 0.2) is 9.84 Å². The first-order valence-corrected chi connectivity index (χ1v) is 11.7. The lowest BCUT2D eigenvalue weighted by atomic mass is 10.0. The van der Waals surface area contributed by atoms with E-state index in [0.717, 1.165) is 23.3 Å². The Kier molecular flexibility index (Phi) is 6.92. The van der Waals surface area contributed by atoms with Gasteiger partial charge < -0.3 is 10.1 Å². The standard InChI is InChI=1S/C22H28N2O4S/c1-3-20(17-9-11-19(28-2)12-10-17)23-22(25)21(18-7-5-4-6-8-18)24-13-15-29(26,27)16-14-24/h4-12,20-21H,3,13-16H2,1-2H3,(H,23,25). The average molecular weight is 417 g/mol. The molecule has 1 fully saturated rings. The molecule has 1 heterocycles. The van der Waals surface area contributed by atoms with Crippen molar-refractivity contribution in [3.05, 3.63) is 65.7 Å². The Morgan fingerprint density at radius 3 is 2.21 bits per heavy atom. The number of benzene rings is 2. The van der Waals surface area contributed by atoms with Crippen LogP contribution in [0.4, 0.5) is 0 Å². The van der Waals surface area contributed by atoms with E-state index in [1.54, 1.807) is 7.11 Å². The molecule has 6 nitrogen and oxygen atoms in total. The van der Waals surface area contributed by atoms with Crippen LogP contribution in [0, 0.1) is 0 Å². The third kappa shape index (κ3) is 5.36. The summed E-state index contributed by atoms with van der Waals surface area (Å²) in [6.45, 7) is 2.74. The quantitative estimate of drug-likeness (QED) is 0.751. The predicted octanol–water partition coefficient (Wildman–Crippen LogP) is 2.73. The summed E-state index contributed by atoms with van der Waals surface area (Å²) in [4.78, 5) is 15.3. The van der Waals surface area contributed by atoms with Gasteiger partial charge in [-0.15, -0.1) is 0 Å². The number of carbonyl (C=O) groups excluding carboxylic acids is 1. The van der Waals surface area contributed by atoms with Gasteiger partial charge in [0.2, 0.25) is 5.91 Å². The lowest BCUT2D eigenvalue weighted by Crippen LogP contribution is -2.48. The van der Waals surface area contributed by atoms with Crippen LogP contribution in [0.25, 0.3) is 0 Å². The Morgan fingerprint density at radius 2 is 1.66 bits per heavy atom. The number of ether oxygens (including phenoxy) is 1. The fourth-order valence-corrected chi connectivity index (χ4v) is 4.89. The van der Waals surface area contributed by atoms with Crippen molar-refractivity contribution in [2.75, 3.05) is 31.7 Å². The van der Waals surface area contributed by atoms with Gasteiger partial charge in [0, 0.05) is 13.1 Å². The van der Waals surface area contributed by atoms with Crippen molar-refractivity contribution in [2.45, 2.75) is 25.4 Å². The number of nitrogens with zero attached hydrogens (tertiary/aromatic N) is 1. The van der Waals surface area contributed by atoms with Gasteiger partial charge in [-0.25, -0.2) is 8.42 Å². The normalized spacial score (nSPS) is 18.6. The Bertz CT molecular complexity index is 900. The van der Waals surface area contributed by atoms with Crippen LogP contribution in [0.5, 0.6) is 5.75 Å². The molecule has 1 aliphatic heterocycles. The largest absolute Gasteiger partial charge is 0.497 e. The van der Waals surface area contributed by atoms with Gasteiger partial charge in [-0.05, 0) is 29.7 Å². The molecule has 156 valence electrons. The van der Waals surface area contributed by atoms with E-state index >= 15 is 0 Å². The number of hydrogen-bond donors (Lipinski definition) is 1. The summed E-state index contributed by atoms with van der Waals surface area (Å²) in [5.41, 5.74) is 1.88. The molecule has 1 aliphatic rings. The summed E-state index contributed by atoms with van der Waals surface area (Å²) >= 11 is 0. The Labute approximate surface area is 172 Å². The fraction of sp³-hybridized carbons (Fsp3) is 0.409. The highest BCUT2D eigenvalue weighted by atomic mass is 32.2. The zero-order valence-corrected chi connectivity index (χ0v) is 17.7. The second-order valence-corrected chi connectivity index (χ2v) is 9.55. The molecular weight excluding hydrogens is 388 g/mol. The Balaban J connectivity index is 1.81. The number of amides is 1. The molecule has 29 heavy (non-hydrogen) atoms. The first-order chi connectivity index (χ1) is 13.9. The summed E-state index contributed by atoms with van der Waals surface area (Å²) in [7, 11) is -1.40. The van der Waals surface area contributed by atoms with Gasteiger partial charge >= 0.3 is 0 Å². The van der Waals surface area contributed by atoms with E-state index in [-0.39, 0.29) is 23.5 Å². The molecular formula is C22H28N2O4S. The molecule has 0 radical (unpaired) electrons. The number of carbonyl (C=O) groups is 1. The molecule has 1 saturated heterocycles. The molecule has 2 aromatic rings. The zero-order chi connectivity index (χ0) is 20.9. The molecule has 0 aromatic heterocycles. The summed E-state index contributed by atoms with van der Waals surface area (Å²) in [5, 5.41) is 3.17. The van der Waals surface area contributed by atoms with Crippen LogP contribution in [-0.2, 0) is 14.6 Å². The predicted molar refractivity (Wildman–Crippen MR) is 114 cm³/mol. The van der Waals surface area contributed by atoms with E-state index in [4.69, 9.17) is 4.74 Å². The maximum Gasteiger partial charge on any atom is 0.242 e. The minimum absolute atomic E-state index is 0.0826. The van der Waals surface area contributed by atoms with Crippen molar-refractivity contribution in [2.24, 2.45) is 0 Å². The van der Waals surface area contributed by atoms with Gasteiger partial charge in [-0.3, -0.25) is 9.69 Å². The SMILES string of the molecule is CCC(NC(=O)C(c1ccccc1)N1CCS(=O)(=O)CC1)c1ccc(OC)cc1. The van der Waals surface area contributed by atoms with Gasteiger partial charge in [0.05, 0.1) is 24.7 Å². The van der Waals surface area contributed by atoms with Crippen molar-refractivity contribution >= 4 is 15.7 Å². The second-order valence-electron chi connectivity index (χ2n) is 7.24. The summed E-state index contributed by atoms with van der Waals surface area (Å²) in [6, 6.07) is 16.6. The minimum atomic E-state index is -3.02. The van der Waals surface area contributed by atoms with Crippen molar-refractivity contribution in [1.82, 2.24) is 10.2 Å². The van der Waals surface area contributed by atoms with Crippen molar-refractivity contribution in [3.63, 3.8) is 0 Å². The third-order valence-electron chi connectivity index (χ3n) is 5.35. The van der Waals surface area contributed by atoms with Gasteiger partial charge in [0.25, 0.3) is 0 Å². The molecule has 0 aliphatic carbocycles. The molecule has 2 unspecified atom stereocenters. The fourth-order valence-electron chi connectivity index (χ4n) is 3.66. The second kappa shape index (κ2) is 9.41. The summed E-state index contributed by atoms with van der Waals surface area (Å²) in [6.07, 6.45) is 0.744. The van der Waals surface area contributed by atoms with Gasteiger partial charge in [0.1, 0.15) is 11.8 Å². The van der Waals surface area contributed by atoms with Crippen LogP contribution in [-0.4, -0.2) is 50.9 Å². The summed E-state index contributed by atoms with van der Waals surface area (Å²) < 4.78 is 28.9. The van der Waals surface area contributed by atoms with Crippen LogP contribution in [0.2, 0.25) is 0 Å². The molecule has 2 aromatic carbocycles. The molecule has 1 N–H and O–H groups in total. The Morgan fingerprint density at radius 1 is 1.03 bits per heavy atom. The lowest BCUT2D eigenvalue weighted by Gasteiger charge is -2.34. The number of hydrogen-bond acceptors (Lipinski definition) is 5. The maximum atomic E-state index is 13.3. The highest BCUT2D eigenvalue weighted by Crippen LogP contribution is 2.26. The van der Waals surface area contributed by atoms with E-state index in [9.17, 15) is 13.2 Å². The van der Waals surface area contributed by atoms with Gasteiger partial charge in [-0.2, -0.15) is 0 Å². The number of methoxy groups -OCH3 is 1. The van der Waals surface area contributed by atoms with Crippen LogP contribution >= 0.6 is 0 Å². The van der Waals surface area contributed by atoms with Crippen molar-refractivity contribution < 1.29 is 17.9 Å². The van der Waals surface area contributed by atoms with E-state index in [0.29, 0.717) is 13.1 Å². The number of nitrogens with one attached hydrogen (secondary N) is 1. The number of sulfone groups is 1. The van der Waals surface area contributed by atoms with E-state index < -0.39 is 15.9 Å². The lowest BCUT2D eigenvalue weighted by molar-refractivity contribution is -0.127. The van der Waals surface area contributed by atoms with E-state index in [1.165, 1.54) is 0 Å². The van der Waals surface area contributed by atoms with Crippen LogP contribution in [0.15, 0.2) is 54.6 Å². The highest BCUT2D eigenvalue weighted by molar-refractivity contribution is 7.91. The Hall–Kier alpha value is -2.38. The molecule has 0 saturated carbocycles. The first kappa shape index (κ1) is 21.3. The number of rotatable bonds is 7. The molecule has 0 bridgehead atoms. The smallest absolute Gasteiger partial charge is 0.242 e. The van der Waals surface area contributed by atoms with Crippen LogP contribution < -0.4 is 10.1 Å². The maximum absolute atomic E-state index is 13.3. The molecule has 3 rings (SSSR count). The topological polar surface area (TPSA) is 75.7 Å². The van der Waals surface area contributed by atoms with Crippen LogP contribution in [0.1, 0.15) is 36.6 Å². The minimum Gasteiger partial charge on any atom is -0.497 e. The third-order valence-corrected chi connectivity index (χ3v) is 6.96. The molecule has 2 atom stereocenters. The van der Waals surface area contributed by atoms with E-state index in [1.807, 2.05) is 66.4 Å². The molecule has 0 spiro atoms. The average Bonchev–Trinajstić information content (AvgIpc) is 2.74. The van der Waals surface area contributed by atoms with Crippen molar-refractivity contribution in [1.29, 1.82) is 0 Å². The molecule has 7 heteroatoms. The molecule has 1 amide bonds. The summed E-state index contributed by atoms with van der Waals surface area (Å²) in [5.74, 6) is 0.822. The monoisotopic (exact) mass is 416 g/mol. The highest BCUT2D eigenvalue weighted by Gasteiger charge is 2.33. The first-order valence-electron chi connectivity index (χ1n) is 9.87.